The molecule has 3 rings (SSSR count). The van der Waals surface area contributed by atoms with E-state index in [4.69, 9.17) is 0 Å². The van der Waals surface area contributed by atoms with E-state index in [2.05, 4.69) is 34.6 Å². The molecule has 1 heterocycles. The van der Waals surface area contributed by atoms with E-state index in [9.17, 15) is 5.11 Å². The van der Waals surface area contributed by atoms with E-state index < -0.39 is 0 Å². The number of benzene rings is 2. The first kappa shape index (κ1) is 12.8. The van der Waals surface area contributed by atoms with Crippen molar-refractivity contribution < 1.29 is 5.11 Å². The number of rotatable bonds is 5. The van der Waals surface area contributed by atoms with Crippen LogP contribution in [0.5, 0.6) is 5.75 Å². The van der Waals surface area contributed by atoms with Crippen LogP contribution < -0.4 is 5.32 Å². The van der Waals surface area contributed by atoms with E-state index in [1.165, 1.54) is 5.56 Å². The molecule has 3 aromatic rings. The number of phenolic OH excluding ortho intramolecular Hbond substituents is 1. The van der Waals surface area contributed by atoms with Crippen LogP contribution in [0.15, 0.2) is 54.7 Å². The zero-order valence-electron chi connectivity index (χ0n) is 11.3. The van der Waals surface area contributed by atoms with Gasteiger partial charge < -0.3 is 15.4 Å². The lowest BCUT2D eigenvalue weighted by Gasteiger charge is -2.05. The van der Waals surface area contributed by atoms with Crippen LogP contribution in [0.1, 0.15) is 11.1 Å². The van der Waals surface area contributed by atoms with Gasteiger partial charge in [-0.05, 0) is 36.2 Å². The fourth-order valence-corrected chi connectivity index (χ4v) is 2.48. The number of phenols is 1. The smallest absolute Gasteiger partial charge is 0.125 e. The second-order valence-electron chi connectivity index (χ2n) is 4.93. The van der Waals surface area contributed by atoms with Crippen molar-refractivity contribution in [2.75, 3.05) is 6.54 Å². The van der Waals surface area contributed by atoms with E-state index in [0.29, 0.717) is 5.75 Å². The molecule has 1 aromatic heterocycles. The highest BCUT2D eigenvalue weighted by atomic mass is 16.3. The van der Waals surface area contributed by atoms with E-state index in [1.54, 1.807) is 6.07 Å². The first-order chi connectivity index (χ1) is 9.84. The molecule has 102 valence electrons. The Hall–Kier alpha value is -2.26. The van der Waals surface area contributed by atoms with Crippen LogP contribution in [0, 0.1) is 0 Å². The largest absolute Gasteiger partial charge is 0.507 e. The second-order valence-corrected chi connectivity index (χ2v) is 4.93. The zero-order valence-corrected chi connectivity index (χ0v) is 11.3. The van der Waals surface area contributed by atoms with E-state index in [0.717, 1.165) is 36.0 Å². The normalized spacial score (nSPS) is 11.0. The summed E-state index contributed by atoms with van der Waals surface area (Å²) in [4.78, 5) is 3.20. The van der Waals surface area contributed by atoms with Gasteiger partial charge in [-0.3, -0.25) is 0 Å². The van der Waals surface area contributed by atoms with Crippen LogP contribution >= 0.6 is 0 Å². The summed E-state index contributed by atoms with van der Waals surface area (Å²) in [5, 5.41) is 14.3. The maximum Gasteiger partial charge on any atom is 0.125 e. The molecule has 0 saturated carbocycles. The minimum absolute atomic E-state index is 0.349. The summed E-state index contributed by atoms with van der Waals surface area (Å²) in [5.41, 5.74) is 3.43. The Kier molecular flexibility index (Phi) is 3.70. The van der Waals surface area contributed by atoms with Gasteiger partial charge in [-0.2, -0.15) is 0 Å². The average Bonchev–Trinajstić information content (AvgIpc) is 2.89. The van der Waals surface area contributed by atoms with Gasteiger partial charge in [-0.25, -0.2) is 0 Å². The van der Waals surface area contributed by atoms with Gasteiger partial charge in [0, 0.05) is 23.6 Å². The molecule has 0 amide bonds. The Labute approximate surface area is 118 Å². The second kappa shape index (κ2) is 5.80. The topological polar surface area (TPSA) is 48.0 Å². The highest BCUT2D eigenvalue weighted by molar-refractivity contribution is 5.88. The Balaban J connectivity index is 1.60. The van der Waals surface area contributed by atoms with Crippen molar-refractivity contribution >= 4 is 10.9 Å². The molecule has 0 spiro atoms. The van der Waals surface area contributed by atoms with Gasteiger partial charge >= 0.3 is 0 Å². The van der Waals surface area contributed by atoms with Gasteiger partial charge in [0.1, 0.15) is 5.75 Å². The van der Waals surface area contributed by atoms with E-state index in [1.807, 2.05) is 24.4 Å². The molecule has 0 unspecified atom stereocenters. The highest BCUT2D eigenvalue weighted by Crippen LogP contribution is 2.27. The number of aromatic nitrogens is 1. The minimum Gasteiger partial charge on any atom is -0.507 e. The van der Waals surface area contributed by atoms with Crippen LogP contribution in [-0.2, 0) is 13.0 Å². The summed E-state index contributed by atoms with van der Waals surface area (Å²) >= 11 is 0. The molecule has 20 heavy (non-hydrogen) atoms. The van der Waals surface area contributed by atoms with Crippen molar-refractivity contribution in [3.63, 3.8) is 0 Å². The van der Waals surface area contributed by atoms with Crippen molar-refractivity contribution in [2.24, 2.45) is 0 Å². The SMILES string of the molecule is Oc1cccc2[nH]cc(CCNCc3ccccc3)c12. The number of hydrogen-bond acceptors (Lipinski definition) is 2. The summed E-state index contributed by atoms with van der Waals surface area (Å²) in [6, 6.07) is 15.9. The molecule has 2 aromatic carbocycles. The standard InChI is InChI=1S/C17H18N2O/c20-16-8-4-7-15-17(16)14(12-19-15)9-10-18-11-13-5-2-1-3-6-13/h1-8,12,18-20H,9-11H2. The van der Waals surface area contributed by atoms with Crippen LogP contribution in [0.3, 0.4) is 0 Å². The van der Waals surface area contributed by atoms with Gasteiger partial charge in [0.2, 0.25) is 0 Å². The van der Waals surface area contributed by atoms with E-state index in [-0.39, 0.29) is 0 Å². The van der Waals surface area contributed by atoms with E-state index >= 15 is 0 Å². The van der Waals surface area contributed by atoms with Gasteiger partial charge in [-0.15, -0.1) is 0 Å². The maximum absolute atomic E-state index is 9.94. The molecule has 3 nitrogen and oxygen atoms in total. The molecular weight excluding hydrogens is 248 g/mol. The third-order valence-electron chi connectivity index (χ3n) is 3.51. The zero-order chi connectivity index (χ0) is 13.8. The van der Waals surface area contributed by atoms with Gasteiger partial charge in [0.05, 0.1) is 0 Å². The Morgan fingerprint density at radius 2 is 1.85 bits per heavy atom. The predicted octanol–water partition coefficient (Wildman–Crippen LogP) is 3.21. The lowest BCUT2D eigenvalue weighted by molar-refractivity contribution is 0.481. The Bertz CT molecular complexity index is 689. The van der Waals surface area contributed by atoms with Gasteiger partial charge in [0.25, 0.3) is 0 Å². The number of nitrogens with one attached hydrogen (secondary N) is 2. The molecular formula is C17H18N2O. The predicted molar refractivity (Wildman–Crippen MR) is 81.8 cm³/mol. The minimum atomic E-state index is 0.349. The number of fused-ring (bicyclic) bond motifs is 1. The number of H-pyrrole nitrogens is 1. The lowest BCUT2D eigenvalue weighted by Crippen LogP contribution is -2.16. The number of aromatic amines is 1. The van der Waals surface area contributed by atoms with Crippen molar-refractivity contribution in [2.45, 2.75) is 13.0 Å². The van der Waals surface area contributed by atoms with Crippen LogP contribution in [0.2, 0.25) is 0 Å². The molecule has 0 aliphatic carbocycles. The molecule has 3 heteroatoms. The average molecular weight is 266 g/mol. The molecule has 0 bridgehead atoms. The van der Waals surface area contributed by atoms with Crippen LogP contribution in [0.25, 0.3) is 10.9 Å². The van der Waals surface area contributed by atoms with Gasteiger partial charge in [0.15, 0.2) is 0 Å². The monoisotopic (exact) mass is 266 g/mol. The van der Waals surface area contributed by atoms with Crippen molar-refractivity contribution in [1.29, 1.82) is 0 Å². The molecule has 0 radical (unpaired) electrons. The van der Waals surface area contributed by atoms with Crippen molar-refractivity contribution in [3.8, 4) is 5.75 Å². The number of hydrogen-bond donors (Lipinski definition) is 3. The Morgan fingerprint density at radius 1 is 1.00 bits per heavy atom. The first-order valence-corrected chi connectivity index (χ1v) is 6.87. The first-order valence-electron chi connectivity index (χ1n) is 6.87. The summed E-state index contributed by atoms with van der Waals surface area (Å²) < 4.78 is 0. The quantitative estimate of drug-likeness (QED) is 0.621. The molecule has 0 aliphatic heterocycles. The summed E-state index contributed by atoms with van der Waals surface area (Å²) in [6.45, 7) is 1.76. The summed E-state index contributed by atoms with van der Waals surface area (Å²) in [5.74, 6) is 0.349. The molecule has 0 atom stereocenters. The van der Waals surface area contributed by atoms with Crippen LogP contribution in [-0.4, -0.2) is 16.6 Å². The molecule has 0 fully saturated rings. The lowest BCUT2D eigenvalue weighted by atomic mass is 10.1. The third-order valence-corrected chi connectivity index (χ3v) is 3.51. The fraction of sp³-hybridized carbons (Fsp3) is 0.176. The van der Waals surface area contributed by atoms with Crippen molar-refractivity contribution in [1.82, 2.24) is 10.3 Å². The fourth-order valence-electron chi connectivity index (χ4n) is 2.48. The van der Waals surface area contributed by atoms with Crippen LogP contribution in [0.4, 0.5) is 0 Å². The number of aromatic hydroxyl groups is 1. The Morgan fingerprint density at radius 3 is 2.70 bits per heavy atom. The molecule has 0 saturated heterocycles. The van der Waals surface area contributed by atoms with Crippen molar-refractivity contribution in [3.05, 3.63) is 65.9 Å². The maximum atomic E-state index is 9.94. The summed E-state index contributed by atoms with van der Waals surface area (Å²) in [7, 11) is 0. The molecule has 0 aliphatic rings. The third kappa shape index (κ3) is 2.68. The highest BCUT2D eigenvalue weighted by Gasteiger charge is 2.07. The van der Waals surface area contributed by atoms with Gasteiger partial charge in [-0.1, -0.05) is 36.4 Å². The summed E-state index contributed by atoms with van der Waals surface area (Å²) in [6.07, 6.45) is 2.87. The molecule has 3 N–H and O–H groups in total.